The van der Waals surface area contributed by atoms with Crippen LogP contribution in [0, 0.1) is 24.5 Å². The minimum atomic E-state index is -0.835. The largest absolute Gasteiger partial charge is 0.371 e. The summed E-state index contributed by atoms with van der Waals surface area (Å²) >= 11 is 0. The molecule has 27 heavy (non-hydrogen) atoms. The van der Waals surface area contributed by atoms with Crippen molar-refractivity contribution in [3.63, 3.8) is 0 Å². The van der Waals surface area contributed by atoms with E-state index in [9.17, 15) is 13.6 Å². The molecule has 2 aromatic carbocycles. The van der Waals surface area contributed by atoms with E-state index in [1.807, 2.05) is 11.0 Å². The van der Waals surface area contributed by atoms with Crippen molar-refractivity contribution in [2.24, 2.45) is 5.92 Å². The van der Waals surface area contributed by atoms with Crippen molar-refractivity contribution in [3.05, 3.63) is 65.2 Å². The highest BCUT2D eigenvalue weighted by Crippen LogP contribution is 2.24. The van der Waals surface area contributed by atoms with Crippen molar-refractivity contribution < 1.29 is 13.6 Å². The van der Waals surface area contributed by atoms with E-state index in [2.05, 4.69) is 35.8 Å². The van der Waals surface area contributed by atoms with E-state index in [0.29, 0.717) is 31.2 Å². The van der Waals surface area contributed by atoms with Gasteiger partial charge in [-0.2, -0.15) is 0 Å². The zero-order valence-corrected chi connectivity index (χ0v) is 15.5. The van der Waals surface area contributed by atoms with Gasteiger partial charge >= 0.3 is 6.03 Å². The zero-order valence-electron chi connectivity index (χ0n) is 15.5. The molecule has 1 saturated heterocycles. The molecule has 0 spiro atoms. The molecule has 2 amide bonds. The molecule has 2 aromatic rings. The Morgan fingerprint density at radius 1 is 1.15 bits per heavy atom. The van der Waals surface area contributed by atoms with Crippen LogP contribution in [0.25, 0.3) is 0 Å². The van der Waals surface area contributed by atoms with Gasteiger partial charge in [-0.1, -0.05) is 29.8 Å². The van der Waals surface area contributed by atoms with E-state index in [0.717, 1.165) is 25.5 Å². The molecular formula is C21H25F2N3O. The second-order valence-corrected chi connectivity index (χ2v) is 7.07. The van der Waals surface area contributed by atoms with Crippen LogP contribution < -0.4 is 15.5 Å². The van der Waals surface area contributed by atoms with Crippen LogP contribution in [0.15, 0.2) is 42.5 Å². The molecule has 1 fully saturated rings. The maximum atomic E-state index is 13.4. The summed E-state index contributed by atoms with van der Waals surface area (Å²) in [6.45, 7) is 4.69. The van der Waals surface area contributed by atoms with E-state index < -0.39 is 11.6 Å². The van der Waals surface area contributed by atoms with Crippen LogP contribution in [0.2, 0.25) is 0 Å². The third-order valence-corrected chi connectivity index (χ3v) is 4.89. The Morgan fingerprint density at radius 3 is 2.78 bits per heavy atom. The number of anilines is 1. The first-order valence-electron chi connectivity index (χ1n) is 9.28. The molecule has 1 atom stereocenters. The van der Waals surface area contributed by atoms with Gasteiger partial charge in [0, 0.05) is 37.9 Å². The molecule has 0 bridgehead atoms. The van der Waals surface area contributed by atoms with Gasteiger partial charge in [-0.25, -0.2) is 13.6 Å². The SMILES string of the molecule is Cc1cccc(CCNC(=O)NCC2CCN(c3ccc(F)c(F)c3)C2)c1. The summed E-state index contributed by atoms with van der Waals surface area (Å²) in [4.78, 5) is 14.0. The number of rotatable bonds is 6. The van der Waals surface area contributed by atoms with E-state index in [1.54, 1.807) is 6.07 Å². The van der Waals surface area contributed by atoms with Crippen LogP contribution in [-0.4, -0.2) is 32.2 Å². The molecule has 1 heterocycles. The van der Waals surface area contributed by atoms with Gasteiger partial charge in [-0.05, 0) is 43.4 Å². The number of hydrogen-bond acceptors (Lipinski definition) is 2. The second-order valence-electron chi connectivity index (χ2n) is 7.07. The average molecular weight is 373 g/mol. The summed E-state index contributed by atoms with van der Waals surface area (Å²) in [7, 11) is 0. The Morgan fingerprint density at radius 2 is 2.00 bits per heavy atom. The fourth-order valence-corrected chi connectivity index (χ4v) is 3.40. The monoisotopic (exact) mass is 373 g/mol. The van der Waals surface area contributed by atoms with Crippen LogP contribution in [0.1, 0.15) is 17.5 Å². The standard InChI is InChI=1S/C21H25F2N3O/c1-15-3-2-4-16(11-15)7-9-24-21(27)25-13-17-8-10-26(14-17)18-5-6-19(22)20(23)12-18/h2-6,11-12,17H,7-10,13-14H2,1H3,(H2,24,25,27). The van der Waals surface area contributed by atoms with Crippen LogP contribution in [0.3, 0.4) is 0 Å². The summed E-state index contributed by atoms with van der Waals surface area (Å²) in [6, 6.07) is 12.0. The smallest absolute Gasteiger partial charge is 0.314 e. The first kappa shape index (κ1) is 19.1. The third-order valence-electron chi connectivity index (χ3n) is 4.89. The molecule has 144 valence electrons. The molecule has 0 aliphatic carbocycles. The molecule has 2 N–H and O–H groups in total. The van der Waals surface area contributed by atoms with Crippen LogP contribution in [0.5, 0.6) is 0 Å². The molecule has 1 aliphatic rings. The summed E-state index contributed by atoms with van der Waals surface area (Å²) in [5.41, 5.74) is 3.09. The lowest BCUT2D eigenvalue weighted by Crippen LogP contribution is -2.39. The lowest BCUT2D eigenvalue weighted by atomic mass is 10.1. The topological polar surface area (TPSA) is 44.4 Å². The number of nitrogens with zero attached hydrogens (tertiary/aromatic N) is 1. The van der Waals surface area contributed by atoms with Crippen molar-refractivity contribution >= 4 is 11.7 Å². The normalized spacial score (nSPS) is 16.4. The van der Waals surface area contributed by atoms with Gasteiger partial charge in [0.15, 0.2) is 11.6 Å². The van der Waals surface area contributed by atoms with Gasteiger partial charge in [0.25, 0.3) is 0 Å². The first-order valence-corrected chi connectivity index (χ1v) is 9.28. The molecule has 1 unspecified atom stereocenters. The fourth-order valence-electron chi connectivity index (χ4n) is 3.40. The Hall–Kier alpha value is -2.63. The second kappa shape index (κ2) is 8.84. The molecule has 3 rings (SSSR count). The number of aryl methyl sites for hydroxylation is 1. The number of nitrogens with one attached hydrogen (secondary N) is 2. The lowest BCUT2D eigenvalue weighted by Gasteiger charge is -2.19. The summed E-state index contributed by atoms with van der Waals surface area (Å²) in [5, 5.41) is 5.78. The van der Waals surface area contributed by atoms with Gasteiger partial charge in [-0.15, -0.1) is 0 Å². The maximum Gasteiger partial charge on any atom is 0.314 e. The number of halogens is 2. The predicted octanol–water partition coefficient (Wildman–Crippen LogP) is 3.64. The number of hydrogen-bond donors (Lipinski definition) is 2. The van der Waals surface area contributed by atoms with Crippen molar-refractivity contribution in [1.82, 2.24) is 10.6 Å². The highest BCUT2D eigenvalue weighted by Gasteiger charge is 2.23. The molecule has 0 saturated carbocycles. The van der Waals surface area contributed by atoms with Gasteiger partial charge in [-0.3, -0.25) is 0 Å². The Labute approximate surface area is 158 Å². The number of urea groups is 1. The Balaban J connectivity index is 1.37. The van der Waals surface area contributed by atoms with Gasteiger partial charge in [0.1, 0.15) is 0 Å². The molecule has 1 aliphatic heterocycles. The first-order chi connectivity index (χ1) is 13.0. The predicted molar refractivity (Wildman–Crippen MR) is 103 cm³/mol. The lowest BCUT2D eigenvalue weighted by molar-refractivity contribution is 0.239. The van der Waals surface area contributed by atoms with Crippen LogP contribution in [-0.2, 0) is 6.42 Å². The number of benzene rings is 2. The summed E-state index contributed by atoms with van der Waals surface area (Å²) in [5.74, 6) is -1.37. The highest BCUT2D eigenvalue weighted by atomic mass is 19.2. The fraction of sp³-hybridized carbons (Fsp3) is 0.381. The van der Waals surface area contributed by atoms with Crippen molar-refractivity contribution in [3.8, 4) is 0 Å². The van der Waals surface area contributed by atoms with E-state index in [-0.39, 0.29) is 6.03 Å². The van der Waals surface area contributed by atoms with E-state index >= 15 is 0 Å². The molecule has 0 aromatic heterocycles. The minimum absolute atomic E-state index is 0.172. The van der Waals surface area contributed by atoms with Crippen molar-refractivity contribution in [1.29, 1.82) is 0 Å². The van der Waals surface area contributed by atoms with Crippen LogP contribution >= 0.6 is 0 Å². The van der Waals surface area contributed by atoms with Crippen molar-refractivity contribution in [2.45, 2.75) is 19.8 Å². The molecule has 4 nitrogen and oxygen atoms in total. The highest BCUT2D eigenvalue weighted by molar-refractivity contribution is 5.73. The molecular weight excluding hydrogens is 348 g/mol. The van der Waals surface area contributed by atoms with Gasteiger partial charge < -0.3 is 15.5 Å². The van der Waals surface area contributed by atoms with Crippen molar-refractivity contribution in [2.75, 3.05) is 31.1 Å². The van der Waals surface area contributed by atoms with E-state index in [1.165, 1.54) is 17.2 Å². The number of carbonyl (C=O) groups excluding carboxylic acids is 1. The average Bonchev–Trinajstić information content (AvgIpc) is 3.11. The Bertz CT molecular complexity index is 797. The van der Waals surface area contributed by atoms with E-state index in [4.69, 9.17) is 0 Å². The third kappa shape index (κ3) is 5.42. The summed E-state index contributed by atoms with van der Waals surface area (Å²) in [6.07, 6.45) is 1.70. The number of carbonyl (C=O) groups is 1. The van der Waals surface area contributed by atoms with Gasteiger partial charge in [0.05, 0.1) is 0 Å². The molecule has 6 heteroatoms. The van der Waals surface area contributed by atoms with Gasteiger partial charge in [0.2, 0.25) is 0 Å². The zero-order chi connectivity index (χ0) is 19.2. The quantitative estimate of drug-likeness (QED) is 0.812. The summed E-state index contributed by atoms with van der Waals surface area (Å²) < 4.78 is 26.4. The Kier molecular flexibility index (Phi) is 6.27. The van der Waals surface area contributed by atoms with Crippen LogP contribution in [0.4, 0.5) is 19.3 Å². The maximum absolute atomic E-state index is 13.4. The minimum Gasteiger partial charge on any atom is -0.371 e. The number of amides is 2. The molecule has 0 radical (unpaired) electrons.